The van der Waals surface area contributed by atoms with Crippen molar-refractivity contribution in [1.29, 1.82) is 0 Å². The van der Waals surface area contributed by atoms with Gasteiger partial charge in [-0.3, -0.25) is 0 Å². The fourth-order valence-electron chi connectivity index (χ4n) is 3.15. The fourth-order valence-corrected chi connectivity index (χ4v) is 3.72. The molecule has 4 nitrogen and oxygen atoms in total. The molecule has 0 saturated carbocycles. The van der Waals surface area contributed by atoms with Crippen LogP contribution in [0.3, 0.4) is 0 Å². The van der Waals surface area contributed by atoms with Crippen molar-refractivity contribution in [3.05, 3.63) is 22.0 Å². The van der Waals surface area contributed by atoms with E-state index in [1.165, 1.54) is 27.5 Å². The first kappa shape index (κ1) is 12.0. The number of pyridine rings is 1. The maximum absolute atomic E-state index is 5.84. The molecule has 2 fully saturated rings. The van der Waals surface area contributed by atoms with Gasteiger partial charge in [0.2, 0.25) is 0 Å². The zero-order chi connectivity index (χ0) is 12.8. The molecule has 2 aromatic heterocycles. The van der Waals surface area contributed by atoms with Gasteiger partial charge in [-0.25, -0.2) is 4.98 Å². The minimum atomic E-state index is 0.411. The van der Waals surface area contributed by atoms with E-state index in [1.807, 2.05) is 12.4 Å². The summed E-state index contributed by atoms with van der Waals surface area (Å²) in [6, 6.07) is 2.25. The quantitative estimate of drug-likeness (QED) is 0.786. The first-order valence-electron chi connectivity index (χ1n) is 6.79. The number of fused-ring (bicyclic) bond motifs is 3. The average Bonchev–Trinajstić information content (AvgIpc) is 2.93. The monoisotopic (exact) mass is 369 g/mol. The maximum atomic E-state index is 5.84. The minimum Gasteiger partial charge on any atom is -0.376 e. The fraction of sp³-hybridized carbons (Fsp3) is 0.500. The molecule has 0 spiro atoms. The molecule has 2 unspecified atom stereocenters. The summed E-state index contributed by atoms with van der Waals surface area (Å²) >= 11 is 2.35. The highest BCUT2D eigenvalue weighted by molar-refractivity contribution is 14.1. The lowest BCUT2D eigenvalue weighted by Crippen LogP contribution is -2.32. The van der Waals surface area contributed by atoms with Crippen LogP contribution in [0.4, 0.5) is 5.69 Å². The molecule has 4 heterocycles. The van der Waals surface area contributed by atoms with Crippen LogP contribution >= 0.6 is 22.6 Å². The molecule has 2 aromatic rings. The van der Waals surface area contributed by atoms with Crippen LogP contribution in [0.2, 0.25) is 0 Å². The summed E-state index contributed by atoms with van der Waals surface area (Å²) in [4.78, 5) is 10.2. The van der Waals surface area contributed by atoms with E-state index >= 15 is 0 Å². The topological polar surface area (TPSA) is 41.2 Å². The summed E-state index contributed by atoms with van der Waals surface area (Å²) in [5, 5.41) is 1.22. The van der Waals surface area contributed by atoms with Crippen molar-refractivity contribution in [2.24, 2.45) is 5.92 Å². The summed E-state index contributed by atoms with van der Waals surface area (Å²) in [5.74, 6) is 0.763. The minimum absolute atomic E-state index is 0.411. The van der Waals surface area contributed by atoms with E-state index in [1.54, 1.807) is 0 Å². The lowest BCUT2D eigenvalue weighted by Gasteiger charge is -2.26. The predicted octanol–water partition coefficient (Wildman–Crippen LogP) is 2.78. The van der Waals surface area contributed by atoms with Crippen LogP contribution in [0, 0.1) is 9.49 Å². The van der Waals surface area contributed by atoms with Crippen molar-refractivity contribution in [2.75, 3.05) is 24.6 Å². The number of anilines is 1. The Morgan fingerprint density at radius 3 is 3.37 bits per heavy atom. The molecule has 0 radical (unpaired) electrons. The number of rotatable bonds is 1. The normalized spacial score (nSPS) is 26.9. The van der Waals surface area contributed by atoms with Crippen molar-refractivity contribution in [3.63, 3.8) is 0 Å². The van der Waals surface area contributed by atoms with Gasteiger partial charge >= 0.3 is 0 Å². The van der Waals surface area contributed by atoms with E-state index in [2.05, 4.69) is 43.5 Å². The van der Waals surface area contributed by atoms with E-state index in [0.29, 0.717) is 6.10 Å². The third kappa shape index (κ3) is 2.12. The zero-order valence-corrected chi connectivity index (χ0v) is 12.8. The summed E-state index contributed by atoms with van der Waals surface area (Å²) in [6.45, 7) is 3.09. The lowest BCUT2D eigenvalue weighted by molar-refractivity contribution is 0.106. The van der Waals surface area contributed by atoms with Crippen molar-refractivity contribution < 1.29 is 4.74 Å². The smallest absolute Gasteiger partial charge is 0.138 e. The molecular weight excluding hydrogens is 353 g/mol. The number of aromatic amines is 1. The van der Waals surface area contributed by atoms with Crippen LogP contribution in [0.15, 0.2) is 18.5 Å². The second kappa shape index (κ2) is 4.63. The molecule has 2 saturated heterocycles. The molecule has 0 aromatic carbocycles. The molecule has 2 aliphatic heterocycles. The van der Waals surface area contributed by atoms with Crippen molar-refractivity contribution in [1.82, 2.24) is 9.97 Å². The largest absolute Gasteiger partial charge is 0.376 e. The number of H-pyrrole nitrogens is 1. The molecule has 4 rings (SSSR count). The molecule has 1 N–H and O–H groups in total. The molecule has 19 heavy (non-hydrogen) atoms. The van der Waals surface area contributed by atoms with Crippen LogP contribution < -0.4 is 4.90 Å². The molecule has 2 aliphatic rings. The van der Waals surface area contributed by atoms with Gasteiger partial charge in [0.15, 0.2) is 0 Å². The van der Waals surface area contributed by atoms with E-state index in [4.69, 9.17) is 4.74 Å². The predicted molar refractivity (Wildman–Crippen MR) is 83.5 cm³/mol. The van der Waals surface area contributed by atoms with E-state index in [9.17, 15) is 0 Å². The van der Waals surface area contributed by atoms with E-state index < -0.39 is 0 Å². The Hall–Kier alpha value is -0.820. The van der Waals surface area contributed by atoms with Crippen LogP contribution in [0.1, 0.15) is 12.8 Å². The van der Waals surface area contributed by atoms with Gasteiger partial charge in [-0.1, -0.05) is 0 Å². The summed E-state index contributed by atoms with van der Waals surface area (Å²) < 4.78 is 7.07. The number of halogens is 1. The summed E-state index contributed by atoms with van der Waals surface area (Å²) in [6.07, 6.45) is 6.87. The van der Waals surface area contributed by atoms with Crippen molar-refractivity contribution in [3.8, 4) is 0 Å². The van der Waals surface area contributed by atoms with Crippen LogP contribution in [0.25, 0.3) is 11.0 Å². The van der Waals surface area contributed by atoms with Gasteiger partial charge in [0.1, 0.15) is 5.65 Å². The third-order valence-electron chi connectivity index (χ3n) is 4.23. The van der Waals surface area contributed by atoms with Gasteiger partial charge in [-0.05, 0) is 47.4 Å². The van der Waals surface area contributed by atoms with Crippen molar-refractivity contribution in [2.45, 2.75) is 18.9 Å². The highest BCUT2D eigenvalue weighted by atomic mass is 127. The number of nitrogens with one attached hydrogen (secondary N) is 1. The SMILES string of the molecule is Ic1c[nH]c2ncc(N3CCC4COC(C4)C3)cc12. The number of aromatic nitrogens is 2. The molecule has 100 valence electrons. The van der Waals surface area contributed by atoms with E-state index in [-0.39, 0.29) is 0 Å². The third-order valence-corrected chi connectivity index (χ3v) is 5.12. The summed E-state index contributed by atoms with van der Waals surface area (Å²) in [5.41, 5.74) is 2.20. The van der Waals surface area contributed by atoms with Gasteiger partial charge in [-0.15, -0.1) is 0 Å². The Balaban J connectivity index is 1.67. The van der Waals surface area contributed by atoms with Crippen LogP contribution in [-0.2, 0) is 4.74 Å². The maximum Gasteiger partial charge on any atom is 0.138 e. The summed E-state index contributed by atoms with van der Waals surface area (Å²) in [7, 11) is 0. The average molecular weight is 369 g/mol. The van der Waals surface area contributed by atoms with E-state index in [0.717, 1.165) is 31.3 Å². The Bertz CT molecular complexity index is 612. The number of ether oxygens (including phenoxy) is 1. The Kier molecular flexibility index (Phi) is 2.91. The standard InChI is InChI=1S/C14H16IN3O/c15-13-6-17-14-12(13)4-10(5-16-14)18-2-1-9-3-11(7-18)19-8-9/h4-6,9,11H,1-3,7-8H2,(H,16,17). The van der Waals surface area contributed by atoms with Gasteiger partial charge in [0.05, 0.1) is 24.6 Å². The van der Waals surface area contributed by atoms with Crippen LogP contribution in [-0.4, -0.2) is 35.8 Å². The second-order valence-corrected chi connectivity index (χ2v) is 6.68. The highest BCUT2D eigenvalue weighted by Crippen LogP contribution is 2.31. The van der Waals surface area contributed by atoms with Crippen molar-refractivity contribution >= 4 is 39.3 Å². The molecule has 0 amide bonds. The molecule has 2 bridgehead atoms. The van der Waals surface area contributed by atoms with Gasteiger partial charge in [0.25, 0.3) is 0 Å². The Morgan fingerprint density at radius 2 is 2.42 bits per heavy atom. The Labute approximate surface area is 125 Å². The molecule has 0 aliphatic carbocycles. The van der Waals surface area contributed by atoms with Gasteiger partial charge < -0.3 is 14.6 Å². The first-order valence-corrected chi connectivity index (χ1v) is 7.86. The Morgan fingerprint density at radius 1 is 1.47 bits per heavy atom. The molecule has 2 atom stereocenters. The highest BCUT2D eigenvalue weighted by Gasteiger charge is 2.31. The number of hydrogen-bond donors (Lipinski definition) is 1. The van der Waals surface area contributed by atoms with Gasteiger partial charge in [-0.2, -0.15) is 0 Å². The number of nitrogens with zero attached hydrogens (tertiary/aromatic N) is 2. The molecular formula is C14H16IN3O. The number of hydrogen-bond acceptors (Lipinski definition) is 3. The van der Waals surface area contributed by atoms with Gasteiger partial charge in [0, 0.05) is 28.2 Å². The van der Waals surface area contributed by atoms with Crippen LogP contribution in [0.5, 0.6) is 0 Å². The second-order valence-electron chi connectivity index (χ2n) is 5.52. The lowest BCUT2D eigenvalue weighted by atomic mass is 10.0. The zero-order valence-electron chi connectivity index (χ0n) is 10.6. The first-order chi connectivity index (χ1) is 9.29. The molecule has 5 heteroatoms.